The monoisotopic (exact) mass is 205 g/mol. The quantitative estimate of drug-likeness (QED) is 0.770. The molecule has 0 amide bonds. The van der Waals surface area contributed by atoms with Gasteiger partial charge in [0, 0.05) is 23.9 Å². The average Bonchev–Trinajstić information content (AvgIpc) is 2.55. The molecule has 4 nitrogen and oxygen atoms in total. The number of hydrogen-bond acceptors (Lipinski definition) is 2. The fraction of sp³-hybridized carbons (Fsp3) is 0.182. The number of ether oxygens (including phenoxy) is 1. The molecule has 1 aromatic heterocycles. The molecule has 4 heteroatoms. The highest BCUT2D eigenvalue weighted by atomic mass is 16.5. The van der Waals surface area contributed by atoms with E-state index >= 15 is 0 Å². The van der Waals surface area contributed by atoms with Crippen LogP contribution < -0.4 is 0 Å². The summed E-state index contributed by atoms with van der Waals surface area (Å²) < 4.78 is 5.09. The van der Waals surface area contributed by atoms with Crippen molar-refractivity contribution in [2.75, 3.05) is 7.11 Å². The molecule has 1 aliphatic rings. The Bertz CT molecular complexity index is 454. The maximum absolute atomic E-state index is 10.9. The van der Waals surface area contributed by atoms with Crippen molar-refractivity contribution in [2.45, 2.75) is 6.42 Å². The minimum atomic E-state index is -0.916. The van der Waals surface area contributed by atoms with Crippen molar-refractivity contribution >= 4 is 12.0 Å². The lowest BCUT2D eigenvalue weighted by atomic mass is 10.1. The van der Waals surface area contributed by atoms with E-state index < -0.39 is 5.97 Å². The number of carbonyl (C=O) groups is 1. The molecule has 1 aromatic rings. The predicted octanol–water partition coefficient (Wildman–Crippen LogP) is 1.57. The number of aromatic nitrogens is 1. The first-order valence-corrected chi connectivity index (χ1v) is 4.56. The van der Waals surface area contributed by atoms with E-state index in [-0.39, 0.29) is 0 Å². The molecule has 1 aliphatic carbocycles. The Balaban J connectivity index is 2.47. The van der Waals surface area contributed by atoms with Gasteiger partial charge in [-0.25, -0.2) is 4.79 Å². The highest BCUT2D eigenvalue weighted by Crippen LogP contribution is 2.21. The summed E-state index contributed by atoms with van der Waals surface area (Å²) in [6, 6.07) is 1.90. The lowest BCUT2D eigenvalue weighted by Crippen LogP contribution is -2.04. The van der Waals surface area contributed by atoms with Crippen LogP contribution in [0.25, 0.3) is 6.08 Å². The van der Waals surface area contributed by atoms with E-state index in [4.69, 9.17) is 9.84 Å². The van der Waals surface area contributed by atoms with Gasteiger partial charge in [0.15, 0.2) is 0 Å². The summed E-state index contributed by atoms with van der Waals surface area (Å²) >= 11 is 0. The Morgan fingerprint density at radius 3 is 3.00 bits per heavy atom. The fourth-order valence-electron chi connectivity index (χ4n) is 1.57. The first-order chi connectivity index (χ1) is 7.20. The normalized spacial score (nSPS) is 14.7. The maximum atomic E-state index is 10.9. The van der Waals surface area contributed by atoms with E-state index in [2.05, 4.69) is 4.98 Å². The summed E-state index contributed by atoms with van der Waals surface area (Å²) in [5.74, 6) is -0.355. The Labute approximate surface area is 86.9 Å². The summed E-state index contributed by atoms with van der Waals surface area (Å²) in [6.45, 7) is 0. The molecule has 0 fully saturated rings. The molecule has 0 radical (unpaired) electrons. The predicted molar refractivity (Wildman–Crippen MR) is 55.2 cm³/mol. The number of hydrogen-bond donors (Lipinski definition) is 2. The number of allylic oxidation sites excluding steroid dienone is 1. The van der Waals surface area contributed by atoms with Crippen LogP contribution in [0.4, 0.5) is 0 Å². The number of carboxylic acid groups (broad SMARTS) is 1. The Morgan fingerprint density at radius 2 is 2.33 bits per heavy atom. The molecular formula is C11H11NO3. The molecular weight excluding hydrogens is 194 g/mol. The van der Waals surface area contributed by atoms with Crippen molar-refractivity contribution < 1.29 is 14.6 Å². The number of carboxylic acids is 1. The molecule has 0 atom stereocenters. The smallest absolute Gasteiger partial charge is 0.332 e. The van der Waals surface area contributed by atoms with Crippen LogP contribution in [0.2, 0.25) is 0 Å². The SMILES string of the molecule is COC1=Cc2cc[nH]c2CC(C(=O)O)=C1. The van der Waals surface area contributed by atoms with E-state index in [1.165, 1.54) is 7.11 Å². The van der Waals surface area contributed by atoms with Crippen molar-refractivity contribution in [1.82, 2.24) is 4.98 Å². The summed E-state index contributed by atoms with van der Waals surface area (Å²) in [4.78, 5) is 14.0. The Hall–Kier alpha value is -1.97. The molecule has 0 aliphatic heterocycles. The zero-order valence-electron chi connectivity index (χ0n) is 8.28. The lowest BCUT2D eigenvalue weighted by molar-refractivity contribution is -0.132. The van der Waals surface area contributed by atoms with Gasteiger partial charge in [0.1, 0.15) is 5.76 Å². The van der Waals surface area contributed by atoms with Crippen LogP contribution in [0.3, 0.4) is 0 Å². The largest absolute Gasteiger partial charge is 0.497 e. The van der Waals surface area contributed by atoms with Gasteiger partial charge in [0.05, 0.1) is 7.11 Å². The van der Waals surface area contributed by atoms with Gasteiger partial charge < -0.3 is 14.8 Å². The second-order valence-electron chi connectivity index (χ2n) is 3.31. The van der Waals surface area contributed by atoms with Crippen LogP contribution in [0, 0.1) is 0 Å². The third-order valence-corrected chi connectivity index (χ3v) is 2.36. The van der Waals surface area contributed by atoms with Gasteiger partial charge in [0.2, 0.25) is 0 Å². The van der Waals surface area contributed by atoms with Gasteiger partial charge in [-0.05, 0) is 23.8 Å². The zero-order valence-corrected chi connectivity index (χ0v) is 8.28. The van der Waals surface area contributed by atoms with Crippen LogP contribution in [-0.4, -0.2) is 23.2 Å². The van der Waals surface area contributed by atoms with Gasteiger partial charge in [-0.3, -0.25) is 0 Å². The molecule has 2 rings (SSSR count). The van der Waals surface area contributed by atoms with Gasteiger partial charge in [-0.15, -0.1) is 0 Å². The van der Waals surface area contributed by atoms with Crippen molar-refractivity contribution in [3.8, 4) is 0 Å². The minimum Gasteiger partial charge on any atom is -0.497 e. The topological polar surface area (TPSA) is 62.3 Å². The third-order valence-electron chi connectivity index (χ3n) is 2.36. The van der Waals surface area contributed by atoms with E-state index in [1.807, 2.05) is 12.1 Å². The molecule has 0 saturated carbocycles. The molecule has 0 unspecified atom stereocenters. The van der Waals surface area contributed by atoms with Crippen molar-refractivity contribution in [1.29, 1.82) is 0 Å². The van der Waals surface area contributed by atoms with E-state index in [0.717, 1.165) is 11.3 Å². The second kappa shape index (κ2) is 3.65. The molecule has 0 saturated heterocycles. The molecule has 0 bridgehead atoms. The van der Waals surface area contributed by atoms with Crippen LogP contribution in [0.5, 0.6) is 0 Å². The second-order valence-corrected chi connectivity index (χ2v) is 3.31. The fourth-order valence-corrected chi connectivity index (χ4v) is 1.57. The molecule has 0 aromatic carbocycles. The van der Waals surface area contributed by atoms with Crippen molar-refractivity contribution in [3.05, 3.63) is 40.9 Å². The van der Waals surface area contributed by atoms with Crippen LogP contribution in [0.15, 0.2) is 29.7 Å². The minimum absolute atomic E-state index is 0.323. The number of H-pyrrole nitrogens is 1. The summed E-state index contributed by atoms with van der Waals surface area (Å²) in [5.41, 5.74) is 2.19. The molecule has 0 spiro atoms. The van der Waals surface area contributed by atoms with E-state index in [0.29, 0.717) is 17.8 Å². The van der Waals surface area contributed by atoms with Crippen LogP contribution >= 0.6 is 0 Å². The molecule has 15 heavy (non-hydrogen) atoms. The average molecular weight is 205 g/mol. The zero-order chi connectivity index (χ0) is 10.8. The molecule has 78 valence electrons. The van der Waals surface area contributed by atoms with Crippen LogP contribution in [-0.2, 0) is 16.0 Å². The van der Waals surface area contributed by atoms with Crippen molar-refractivity contribution in [3.63, 3.8) is 0 Å². The maximum Gasteiger partial charge on any atom is 0.332 e. The molecule has 1 heterocycles. The number of fused-ring (bicyclic) bond motifs is 1. The molecule has 2 N–H and O–H groups in total. The van der Waals surface area contributed by atoms with Gasteiger partial charge in [-0.1, -0.05) is 0 Å². The Morgan fingerprint density at radius 1 is 1.53 bits per heavy atom. The van der Waals surface area contributed by atoms with Crippen LogP contribution in [0.1, 0.15) is 11.3 Å². The number of nitrogens with one attached hydrogen (secondary N) is 1. The van der Waals surface area contributed by atoms with Gasteiger partial charge >= 0.3 is 5.97 Å². The number of aliphatic carboxylic acids is 1. The summed E-state index contributed by atoms with van der Waals surface area (Å²) in [5, 5.41) is 8.97. The summed E-state index contributed by atoms with van der Waals surface area (Å²) in [6.07, 6.45) is 5.55. The van der Waals surface area contributed by atoms with Crippen molar-refractivity contribution in [2.24, 2.45) is 0 Å². The first kappa shape index (κ1) is 9.58. The number of methoxy groups -OCH3 is 1. The lowest BCUT2D eigenvalue weighted by Gasteiger charge is -2.00. The first-order valence-electron chi connectivity index (χ1n) is 4.56. The van der Waals surface area contributed by atoms with Gasteiger partial charge in [-0.2, -0.15) is 0 Å². The Kier molecular flexibility index (Phi) is 2.33. The highest BCUT2D eigenvalue weighted by molar-refractivity contribution is 5.88. The van der Waals surface area contributed by atoms with Gasteiger partial charge in [0.25, 0.3) is 0 Å². The number of rotatable bonds is 2. The third kappa shape index (κ3) is 1.79. The van der Waals surface area contributed by atoms with E-state index in [9.17, 15) is 4.79 Å². The van der Waals surface area contributed by atoms with E-state index in [1.54, 1.807) is 12.3 Å². The highest BCUT2D eigenvalue weighted by Gasteiger charge is 2.15. The standard InChI is InChI=1S/C11H11NO3/c1-15-9-4-7-2-3-12-10(7)6-8(5-9)11(13)14/h2-5,12H,6H2,1H3,(H,13,14). The number of aromatic amines is 1. The summed E-state index contributed by atoms with van der Waals surface area (Å²) in [7, 11) is 1.53.